The molecule has 40 heavy (non-hydrogen) atoms. The van der Waals surface area contributed by atoms with Gasteiger partial charge in [0.25, 0.3) is 10.0 Å². The zero-order valence-corrected chi connectivity index (χ0v) is 23.2. The summed E-state index contributed by atoms with van der Waals surface area (Å²) in [5.74, 6) is -0.504. The molecule has 0 bridgehead atoms. The third kappa shape index (κ3) is 4.71. The van der Waals surface area contributed by atoms with Crippen LogP contribution in [-0.2, 0) is 10.0 Å². The number of nitrogens with two attached hydrogens (primary N) is 1. The molecule has 0 radical (unpaired) electrons. The van der Waals surface area contributed by atoms with Gasteiger partial charge < -0.3 is 11.1 Å². The number of aromatic nitrogens is 3. The van der Waals surface area contributed by atoms with Gasteiger partial charge in [-0.15, -0.1) is 0 Å². The first-order valence-electron chi connectivity index (χ1n) is 13.5. The summed E-state index contributed by atoms with van der Waals surface area (Å²) < 4.78 is 60.5. The highest BCUT2D eigenvalue weighted by molar-refractivity contribution is 7.92. The van der Waals surface area contributed by atoms with Crippen molar-refractivity contribution in [2.24, 2.45) is 0 Å². The number of halogens is 2. The lowest BCUT2D eigenvalue weighted by Gasteiger charge is -2.32. The number of sulfonamides is 1. The second kappa shape index (κ2) is 10.1. The normalized spacial score (nSPS) is 21.6. The van der Waals surface area contributed by atoms with Gasteiger partial charge in [0.15, 0.2) is 0 Å². The fourth-order valence-electron chi connectivity index (χ4n) is 5.83. The van der Waals surface area contributed by atoms with Crippen molar-refractivity contribution in [1.29, 1.82) is 0 Å². The number of pyridine rings is 1. The number of rotatable bonds is 7. The van der Waals surface area contributed by atoms with Gasteiger partial charge in [0, 0.05) is 17.8 Å². The molecule has 0 spiro atoms. The molecule has 4 N–H and O–H groups in total. The highest BCUT2D eigenvalue weighted by Crippen LogP contribution is 2.45. The van der Waals surface area contributed by atoms with E-state index in [0.717, 1.165) is 30.3 Å². The third-order valence-electron chi connectivity index (χ3n) is 8.13. The van der Waals surface area contributed by atoms with Crippen molar-refractivity contribution in [3.05, 3.63) is 65.6 Å². The smallest absolute Gasteiger partial charge is 0.262 e. The number of nitrogen functional groups attached to an aromatic ring is 1. The summed E-state index contributed by atoms with van der Waals surface area (Å²) in [6.45, 7) is 1.68. The Morgan fingerprint density at radius 1 is 1.10 bits per heavy atom. The van der Waals surface area contributed by atoms with Crippen LogP contribution in [0.1, 0.15) is 55.2 Å². The molecule has 11 heteroatoms. The quantitative estimate of drug-likeness (QED) is 0.274. The topological polar surface area (TPSA) is 115 Å². The van der Waals surface area contributed by atoms with Gasteiger partial charge in [-0.05, 0) is 81.3 Å². The molecule has 2 aliphatic carbocycles. The first-order valence-corrected chi connectivity index (χ1v) is 15.0. The first kappa shape index (κ1) is 26.6. The molecule has 210 valence electrons. The maximum Gasteiger partial charge on any atom is 0.262 e. The number of benzene rings is 2. The van der Waals surface area contributed by atoms with E-state index in [2.05, 4.69) is 15.0 Å². The van der Waals surface area contributed by atoms with Crippen molar-refractivity contribution in [3.63, 3.8) is 0 Å². The van der Waals surface area contributed by atoms with Gasteiger partial charge in [0.2, 0.25) is 0 Å². The Bertz CT molecular complexity index is 1700. The summed E-state index contributed by atoms with van der Waals surface area (Å²) in [6, 6.07) is 10.8. The molecule has 3 unspecified atom stereocenters. The monoisotopic (exact) mass is 566 g/mol. The van der Waals surface area contributed by atoms with E-state index in [1.54, 1.807) is 44.4 Å². The van der Waals surface area contributed by atoms with Crippen molar-refractivity contribution in [3.8, 4) is 11.3 Å². The van der Waals surface area contributed by atoms with Crippen LogP contribution in [-0.4, -0.2) is 42.4 Å². The SMILES string of the molecule is CNC1CCC(c2cnc(N)c3c(-c4ccc(NS(=O)(=O)c5ccccc5C)c(F)c4)nn(C4CC4)c23)CC1F. The fraction of sp³-hybridized carbons (Fsp3) is 0.379. The minimum atomic E-state index is -3.99. The maximum absolute atomic E-state index is 15.4. The van der Waals surface area contributed by atoms with Gasteiger partial charge in [0.05, 0.1) is 27.5 Å². The predicted octanol–water partition coefficient (Wildman–Crippen LogP) is 5.46. The summed E-state index contributed by atoms with van der Waals surface area (Å²) >= 11 is 0. The molecular weight excluding hydrogens is 534 g/mol. The number of hydrogen-bond donors (Lipinski definition) is 3. The lowest BCUT2D eigenvalue weighted by Crippen LogP contribution is -2.39. The Kier molecular flexibility index (Phi) is 6.74. The van der Waals surface area contributed by atoms with Crippen molar-refractivity contribution >= 4 is 32.4 Å². The molecule has 4 aromatic rings. The Labute approximate surface area is 232 Å². The molecule has 2 aromatic carbocycles. The van der Waals surface area contributed by atoms with E-state index in [1.807, 2.05) is 4.68 Å². The van der Waals surface area contributed by atoms with Crippen LogP contribution in [0.5, 0.6) is 0 Å². The summed E-state index contributed by atoms with van der Waals surface area (Å²) in [7, 11) is -2.20. The van der Waals surface area contributed by atoms with E-state index in [9.17, 15) is 12.8 Å². The molecule has 0 aliphatic heterocycles. The minimum absolute atomic E-state index is 0.0350. The fourth-order valence-corrected chi connectivity index (χ4v) is 7.14. The van der Waals surface area contributed by atoms with Crippen LogP contribution in [0.15, 0.2) is 53.6 Å². The molecule has 8 nitrogen and oxygen atoms in total. The molecule has 2 fully saturated rings. The van der Waals surface area contributed by atoms with Gasteiger partial charge >= 0.3 is 0 Å². The lowest BCUT2D eigenvalue weighted by molar-refractivity contribution is 0.180. The summed E-state index contributed by atoms with van der Waals surface area (Å²) in [5, 5.41) is 8.56. The molecule has 3 atom stereocenters. The summed E-state index contributed by atoms with van der Waals surface area (Å²) in [5.41, 5.74) is 9.45. The number of anilines is 2. The Morgan fingerprint density at radius 2 is 1.88 bits per heavy atom. The van der Waals surface area contributed by atoms with Gasteiger partial charge in [-0.25, -0.2) is 22.2 Å². The summed E-state index contributed by atoms with van der Waals surface area (Å²) in [4.78, 5) is 4.54. The Morgan fingerprint density at radius 3 is 2.55 bits per heavy atom. The first-order chi connectivity index (χ1) is 19.2. The molecule has 0 amide bonds. The third-order valence-corrected chi connectivity index (χ3v) is 9.65. The van der Waals surface area contributed by atoms with E-state index in [4.69, 9.17) is 10.8 Å². The van der Waals surface area contributed by atoms with E-state index >= 15 is 4.39 Å². The van der Waals surface area contributed by atoms with Crippen LogP contribution < -0.4 is 15.8 Å². The standard InChI is InChI=1S/C29H32F2N6O2S/c1-16-5-3-4-6-25(16)40(38,39)36-24-12-8-18(14-22(24)31)27-26-28(37(35-27)19-9-10-19)20(15-34-29(26)32)17-7-11-23(33-2)21(30)13-17/h3-6,8,12,14-15,17,19,21,23,33,36H,7,9-11,13H2,1-2H3,(H2,32,34). The van der Waals surface area contributed by atoms with Gasteiger partial charge in [-0.2, -0.15) is 5.10 Å². The molecule has 2 aromatic heterocycles. The lowest BCUT2D eigenvalue weighted by atomic mass is 9.80. The summed E-state index contributed by atoms with van der Waals surface area (Å²) in [6.07, 6.45) is 4.59. The molecule has 6 rings (SSSR count). The van der Waals surface area contributed by atoms with Crippen LogP contribution >= 0.6 is 0 Å². The molecule has 2 heterocycles. The largest absolute Gasteiger partial charge is 0.383 e. The number of fused-ring (bicyclic) bond motifs is 1. The second-order valence-corrected chi connectivity index (χ2v) is 12.5. The van der Waals surface area contributed by atoms with Crippen molar-refractivity contribution in [2.45, 2.75) is 68.1 Å². The second-order valence-electron chi connectivity index (χ2n) is 10.8. The Hall–Kier alpha value is -3.57. The van der Waals surface area contributed by atoms with Crippen LogP contribution in [0.3, 0.4) is 0 Å². The van der Waals surface area contributed by atoms with E-state index < -0.39 is 22.0 Å². The number of alkyl halides is 1. The van der Waals surface area contributed by atoms with Crippen LogP contribution in [0.25, 0.3) is 22.2 Å². The van der Waals surface area contributed by atoms with E-state index in [-0.39, 0.29) is 34.4 Å². The van der Waals surface area contributed by atoms with Crippen LogP contribution in [0.4, 0.5) is 20.3 Å². The number of nitrogens with zero attached hydrogens (tertiary/aromatic N) is 3. The number of hydrogen-bond acceptors (Lipinski definition) is 6. The van der Waals surface area contributed by atoms with Gasteiger partial charge in [0.1, 0.15) is 23.5 Å². The van der Waals surface area contributed by atoms with Crippen LogP contribution in [0.2, 0.25) is 0 Å². The number of aryl methyl sites for hydroxylation is 1. The molecule has 2 saturated carbocycles. The van der Waals surface area contributed by atoms with E-state index in [0.29, 0.717) is 35.0 Å². The van der Waals surface area contributed by atoms with Crippen molar-refractivity contribution < 1.29 is 17.2 Å². The average Bonchev–Trinajstić information content (AvgIpc) is 3.69. The van der Waals surface area contributed by atoms with Gasteiger partial charge in [-0.3, -0.25) is 9.40 Å². The van der Waals surface area contributed by atoms with Crippen LogP contribution in [0, 0.1) is 12.7 Å². The van der Waals surface area contributed by atoms with E-state index in [1.165, 1.54) is 18.2 Å². The zero-order chi connectivity index (χ0) is 28.2. The Balaban J connectivity index is 1.40. The van der Waals surface area contributed by atoms with Crippen molar-refractivity contribution in [1.82, 2.24) is 20.1 Å². The van der Waals surface area contributed by atoms with Gasteiger partial charge in [-0.1, -0.05) is 24.3 Å². The predicted molar refractivity (Wildman–Crippen MR) is 152 cm³/mol. The maximum atomic E-state index is 15.4. The number of nitrogens with one attached hydrogen (secondary N) is 2. The highest BCUT2D eigenvalue weighted by Gasteiger charge is 2.35. The molecule has 0 saturated heterocycles. The zero-order valence-electron chi connectivity index (χ0n) is 22.4. The molecular formula is C29H32F2N6O2S. The highest BCUT2D eigenvalue weighted by atomic mass is 32.2. The minimum Gasteiger partial charge on any atom is -0.383 e. The van der Waals surface area contributed by atoms with Crippen molar-refractivity contribution in [2.75, 3.05) is 17.5 Å². The molecule has 2 aliphatic rings. The average molecular weight is 567 g/mol.